The van der Waals surface area contributed by atoms with Crippen molar-refractivity contribution in [2.75, 3.05) is 13.7 Å². The molecule has 0 radical (unpaired) electrons. The summed E-state index contributed by atoms with van der Waals surface area (Å²) in [6.07, 6.45) is 6.57. The SMILES string of the molecule is CN(C(=O)[C@@H]1CCCO1)C1CC2CCC(C1)N2. The van der Waals surface area contributed by atoms with Crippen LogP contribution in [0.2, 0.25) is 0 Å². The molecule has 3 saturated heterocycles. The van der Waals surface area contributed by atoms with Gasteiger partial charge in [0, 0.05) is 31.8 Å². The highest BCUT2D eigenvalue weighted by atomic mass is 16.5. The Bertz CT molecular complexity index is 290. The molecule has 96 valence electrons. The second kappa shape index (κ2) is 4.58. The molecule has 2 unspecified atom stereocenters. The van der Waals surface area contributed by atoms with E-state index >= 15 is 0 Å². The Labute approximate surface area is 103 Å². The number of hydrogen-bond donors (Lipinski definition) is 1. The maximum atomic E-state index is 12.3. The number of carbonyl (C=O) groups excluding carboxylic acids is 1. The van der Waals surface area contributed by atoms with E-state index in [4.69, 9.17) is 4.74 Å². The zero-order valence-corrected chi connectivity index (χ0v) is 10.5. The lowest BCUT2D eigenvalue weighted by atomic mass is 9.98. The Balaban J connectivity index is 1.61. The molecular formula is C13H22N2O2. The first-order valence-corrected chi connectivity index (χ1v) is 6.88. The average Bonchev–Trinajstić information content (AvgIpc) is 2.97. The number of fused-ring (bicyclic) bond motifs is 2. The zero-order chi connectivity index (χ0) is 11.8. The molecule has 3 heterocycles. The molecule has 3 aliphatic rings. The fourth-order valence-corrected chi connectivity index (χ4v) is 3.52. The summed E-state index contributed by atoms with van der Waals surface area (Å²) in [5.41, 5.74) is 0. The van der Waals surface area contributed by atoms with Crippen molar-refractivity contribution in [2.24, 2.45) is 0 Å². The van der Waals surface area contributed by atoms with Crippen LogP contribution in [-0.4, -0.2) is 48.7 Å². The van der Waals surface area contributed by atoms with Crippen molar-refractivity contribution in [1.82, 2.24) is 10.2 Å². The van der Waals surface area contributed by atoms with E-state index in [1.54, 1.807) is 0 Å². The molecule has 4 nitrogen and oxygen atoms in total. The second-order valence-corrected chi connectivity index (χ2v) is 5.71. The first-order chi connectivity index (χ1) is 8.24. The maximum Gasteiger partial charge on any atom is 0.251 e. The molecule has 0 spiro atoms. The van der Waals surface area contributed by atoms with E-state index < -0.39 is 0 Å². The highest BCUT2D eigenvalue weighted by molar-refractivity contribution is 5.81. The van der Waals surface area contributed by atoms with Crippen molar-refractivity contribution in [1.29, 1.82) is 0 Å². The summed E-state index contributed by atoms with van der Waals surface area (Å²) in [6, 6.07) is 1.70. The van der Waals surface area contributed by atoms with Gasteiger partial charge in [-0.05, 0) is 38.5 Å². The Morgan fingerprint density at radius 2 is 1.94 bits per heavy atom. The molecule has 3 aliphatic heterocycles. The van der Waals surface area contributed by atoms with Crippen molar-refractivity contribution < 1.29 is 9.53 Å². The van der Waals surface area contributed by atoms with Crippen LogP contribution < -0.4 is 5.32 Å². The van der Waals surface area contributed by atoms with Gasteiger partial charge in [-0.25, -0.2) is 0 Å². The summed E-state index contributed by atoms with van der Waals surface area (Å²) in [7, 11) is 1.96. The van der Waals surface area contributed by atoms with Gasteiger partial charge < -0.3 is 15.0 Å². The molecule has 4 heteroatoms. The molecule has 0 aromatic carbocycles. The second-order valence-electron chi connectivity index (χ2n) is 5.71. The zero-order valence-electron chi connectivity index (χ0n) is 10.5. The third kappa shape index (κ3) is 2.20. The van der Waals surface area contributed by atoms with E-state index in [9.17, 15) is 4.79 Å². The van der Waals surface area contributed by atoms with Gasteiger partial charge >= 0.3 is 0 Å². The first kappa shape index (κ1) is 11.5. The number of ether oxygens (including phenoxy) is 1. The predicted molar refractivity (Wildman–Crippen MR) is 64.7 cm³/mol. The number of carbonyl (C=O) groups is 1. The molecule has 0 saturated carbocycles. The third-order valence-electron chi connectivity index (χ3n) is 4.55. The van der Waals surface area contributed by atoms with Gasteiger partial charge in [0.05, 0.1) is 0 Å². The van der Waals surface area contributed by atoms with Gasteiger partial charge in [-0.15, -0.1) is 0 Å². The topological polar surface area (TPSA) is 41.6 Å². The molecular weight excluding hydrogens is 216 g/mol. The van der Waals surface area contributed by atoms with Crippen LogP contribution in [0.5, 0.6) is 0 Å². The maximum absolute atomic E-state index is 12.3. The number of piperidine rings is 1. The Hall–Kier alpha value is -0.610. The molecule has 3 rings (SSSR count). The van der Waals surface area contributed by atoms with Crippen molar-refractivity contribution in [3.63, 3.8) is 0 Å². The lowest BCUT2D eigenvalue weighted by molar-refractivity contribution is -0.142. The molecule has 1 N–H and O–H groups in total. The summed E-state index contributed by atoms with van der Waals surface area (Å²) in [5.74, 6) is 0.203. The number of nitrogens with zero attached hydrogens (tertiary/aromatic N) is 1. The molecule has 3 fully saturated rings. The smallest absolute Gasteiger partial charge is 0.251 e. The molecule has 2 bridgehead atoms. The van der Waals surface area contributed by atoms with E-state index in [0.717, 1.165) is 32.3 Å². The standard InChI is InChI=1S/C13H22N2O2/c1-15(13(16)12-3-2-6-17-12)11-7-9-4-5-10(8-11)14-9/h9-12,14H,2-8H2,1H3/t9?,10?,11?,12-/m0/s1. The summed E-state index contributed by atoms with van der Waals surface area (Å²) < 4.78 is 5.49. The molecule has 0 aromatic heterocycles. The van der Waals surface area contributed by atoms with Crippen LogP contribution in [-0.2, 0) is 9.53 Å². The first-order valence-electron chi connectivity index (χ1n) is 6.88. The Kier molecular flexibility index (Phi) is 3.09. The van der Waals surface area contributed by atoms with Gasteiger partial charge in [-0.3, -0.25) is 4.79 Å². The minimum atomic E-state index is -0.160. The fraction of sp³-hybridized carbons (Fsp3) is 0.923. The van der Waals surface area contributed by atoms with Crippen molar-refractivity contribution in [3.8, 4) is 0 Å². The van der Waals surface area contributed by atoms with E-state index in [2.05, 4.69) is 5.32 Å². The summed E-state index contributed by atoms with van der Waals surface area (Å²) in [5, 5.41) is 3.61. The van der Waals surface area contributed by atoms with Gasteiger partial charge in [0.15, 0.2) is 0 Å². The fourth-order valence-electron chi connectivity index (χ4n) is 3.52. The van der Waals surface area contributed by atoms with Crippen molar-refractivity contribution >= 4 is 5.91 Å². The van der Waals surface area contributed by atoms with Crippen LogP contribution in [0, 0.1) is 0 Å². The lowest BCUT2D eigenvalue weighted by Crippen LogP contribution is -2.50. The minimum absolute atomic E-state index is 0.160. The average molecular weight is 238 g/mol. The number of hydrogen-bond acceptors (Lipinski definition) is 3. The Morgan fingerprint density at radius 3 is 2.53 bits per heavy atom. The van der Waals surface area contributed by atoms with Crippen molar-refractivity contribution in [2.45, 2.75) is 62.8 Å². The van der Waals surface area contributed by atoms with Gasteiger partial charge in [-0.1, -0.05) is 0 Å². The number of likely N-dealkylation sites (N-methyl/N-ethyl adjacent to an activating group) is 1. The molecule has 0 aliphatic carbocycles. The van der Waals surface area contributed by atoms with Crippen LogP contribution in [0.1, 0.15) is 38.5 Å². The van der Waals surface area contributed by atoms with Crippen LogP contribution in [0.3, 0.4) is 0 Å². The third-order valence-corrected chi connectivity index (χ3v) is 4.55. The van der Waals surface area contributed by atoms with Gasteiger partial charge in [0.2, 0.25) is 0 Å². The molecule has 3 atom stereocenters. The van der Waals surface area contributed by atoms with E-state index in [1.807, 2.05) is 11.9 Å². The highest BCUT2D eigenvalue weighted by Crippen LogP contribution is 2.30. The summed E-state index contributed by atoms with van der Waals surface area (Å²) >= 11 is 0. The van der Waals surface area contributed by atoms with Gasteiger partial charge in [0.1, 0.15) is 6.10 Å². The minimum Gasteiger partial charge on any atom is -0.368 e. The van der Waals surface area contributed by atoms with E-state index in [0.29, 0.717) is 18.1 Å². The quantitative estimate of drug-likeness (QED) is 0.777. The van der Waals surface area contributed by atoms with Crippen LogP contribution in [0.25, 0.3) is 0 Å². The monoisotopic (exact) mass is 238 g/mol. The number of rotatable bonds is 2. The largest absolute Gasteiger partial charge is 0.368 e. The molecule has 0 aromatic rings. The number of amides is 1. The Morgan fingerprint density at radius 1 is 1.24 bits per heavy atom. The van der Waals surface area contributed by atoms with Gasteiger partial charge in [0.25, 0.3) is 5.91 Å². The summed E-state index contributed by atoms with van der Waals surface area (Å²) in [6.45, 7) is 0.752. The van der Waals surface area contributed by atoms with Crippen LogP contribution >= 0.6 is 0 Å². The normalized spacial score (nSPS) is 40.5. The molecule has 17 heavy (non-hydrogen) atoms. The van der Waals surface area contributed by atoms with Crippen molar-refractivity contribution in [3.05, 3.63) is 0 Å². The van der Waals surface area contributed by atoms with E-state index in [1.165, 1.54) is 12.8 Å². The lowest BCUT2D eigenvalue weighted by Gasteiger charge is -2.36. The summed E-state index contributed by atoms with van der Waals surface area (Å²) in [4.78, 5) is 14.2. The predicted octanol–water partition coefficient (Wildman–Crippen LogP) is 0.907. The van der Waals surface area contributed by atoms with Crippen LogP contribution in [0.4, 0.5) is 0 Å². The van der Waals surface area contributed by atoms with Gasteiger partial charge in [-0.2, -0.15) is 0 Å². The number of nitrogens with one attached hydrogen (secondary N) is 1. The highest BCUT2D eigenvalue weighted by Gasteiger charge is 2.38. The molecule has 1 amide bonds. The van der Waals surface area contributed by atoms with Crippen LogP contribution in [0.15, 0.2) is 0 Å². The van der Waals surface area contributed by atoms with E-state index in [-0.39, 0.29) is 12.0 Å².